The zero-order valence-corrected chi connectivity index (χ0v) is 26.6. The number of hydrogen-bond donors (Lipinski definition) is 2. The first kappa shape index (κ1) is 29.7. The minimum absolute atomic E-state index is 0.152. The van der Waals surface area contributed by atoms with Gasteiger partial charge in [-0.15, -0.1) is 5.10 Å². The van der Waals surface area contributed by atoms with Crippen molar-refractivity contribution in [2.75, 3.05) is 60.7 Å². The van der Waals surface area contributed by atoms with E-state index in [1.807, 2.05) is 30.3 Å². The second-order valence-corrected chi connectivity index (χ2v) is 13.0. The number of esters is 1. The van der Waals surface area contributed by atoms with Gasteiger partial charge < -0.3 is 25.6 Å². The maximum absolute atomic E-state index is 15.5. The highest BCUT2D eigenvalue weighted by Gasteiger charge is 2.38. The molecule has 2 aromatic heterocycles. The summed E-state index contributed by atoms with van der Waals surface area (Å²) in [5.41, 5.74) is 12.0. The first-order valence-corrected chi connectivity index (χ1v) is 16.7. The quantitative estimate of drug-likeness (QED) is 0.265. The molecule has 2 bridgehead atoms. The van der Waals surface area contributed by atoms with Crippen LogP contribution in [0.4, 0.5) is 33.3 Å². The molecule has 2 aromatic carbocycles. The molecule has 3 saturated heterocycles. The van der Waals surface area contributed by atoms with Gasteiger partial charge in [0, 0.05) is 49.4 Å². The molecule has 3 fully saturated rings. The Hall–Kier alpha value is -4.71. The molecule has 0 radical (unpaired) electrons. The van der Waals surface area contributed by atoms with Gasteiger partial charge in [-0.05, 0) is 74.9 Å². The molecule has 5 aliphatic rings. The van der Waals surface area contributed by atoms with Crippen molar-refractivity contribution in [3.63, 3.8) is 0 Å². The summed E-state index contributed by atoms with van der Waals surface area (Å²) in [4.78, 5) is 28.6. The number of methoxy groups -OCH3 is 1. The van der Waals surface area contributed by atoms with Crippen molar-refractivity contribution in [3.05, 3.63) is 66.1 Å². The summed E-state index contributed by atoms with van der Waals surface area (Å²) in [6.07, 6.45) is 5.76. The van der Waals surface area contributed by atoms with Crippen LogP contribution in [0.3, 0.4) is 0 Å². The minimum Gasteiger partial charge on any atom is -0.468 e. The molecular weight excluding hydrogens is 597 g/mol. The van der Waals surface area contributed by atoms with Crippen LogP contribution in [0.2, 0.25) is 0 Å². The third kappa shape index (κ3) is 5.44. The Morgan fingerprint density at radius 2 is 1.70 bits per heavy atom. The molecule has 0 unspecified atom stereocenters. The number of anilines is 5. The van der Waals surface area contributed by atoms with Gasteiger partial charge in [0.2, 0.25) is 11.9 Å². The number of carbonyl (C=O) groups excluding carboxylic acids is 1. The van der Waals surface area contributed by atoms with Crippen molar-refractivity contribution in [3.8, 4) is 16.9 Å². The van der Waals surface area contributed by atoms with Gasteiger partial charge in [-0.2, -0.15) is 9.67 Å². The van der Waals surface area contributed by atoms with Crippen LogP contribution in [0.25, 0.3) is 16.9 Å². The minimum atomic E-state index is -0.316. The standard InChI is InChI=1S/C35H40FN9O2/c1-47-33(46)29-8-5-15-44(29)25-13-18-42(19-14-25)28-10-9-24(20-27(28)36)38-35-40-34(37)45(41-35)30-21-26(22-6-3-2-4-7-22)32-31(39-30)23-11-16-43(32)17-12-23/h2-4,6-7,9-10,20-21,23,25,29H,5,8,11-19H2,1H3,(H3,37,38,40,41)/t29-/m0/s1. The lowest BCUT2D eigenvalue weighted by Gasteiger charge is -2.42. The normalized spacial score (nSPS) is 20.1. The van der Waals surface area contributed by atoms with Crippen LogP contribution >= 0.6 is 0 Å². The van der Waals surface area contributed by atoms with Crippen molar-refractivity contribution in [2.45, 2.75) is 56.5 Å². The SMILES string of the molecule is COC(=O)[C@@H]1CCCN1C1CCN(c2ccc(Nc3nc(N)n(-c4cc(-c5ccccc5)c5c(n4)C4CCN5CC4)n3)cc2F)CC1. The molecule has 5 aliphatic heterocycles. The number of hydrogen-bond acceptors (Lipinski definition) is 10. The summed E-state index contributed by atoms with van der Waals surface area (Å²) in [7, 11) is 1.45. The molecule has 0 saturated carbocycles. The van der Waals surface area contributed by atoms with Crippen LogP contribution < -0.4 is 20.9 Å². The highest BCUT2D eigenvalue weighted by Crippen LogP contribution is 2.47. The number of pyridine rings is 1. The lowest BCUT2D eigenvalue weighted by Crippen LogP contribution is -2.49. The Kier molecular flexibility index (Phi) is 7.67. The second-order valence-electron chi connectivity index (χ2n) is 13.0. The number of ether oxygens (including phenoxy) is 1. The van der Waals surface area contributed by atoms with Gasteiger partial charge >= 0.3 is 5.97 Å². The Morgan fingerprint density at radius 3 is 2.45 bits per heavy atom. The van der Waals surface area contributed by atoms with Gasteiger partial charge in [0.15, 0.2) is 5.82 Å². The molecule has 12 heteroatoms. The van der Waals surface area contributed by atoms with Crippen LogP contribution in [0.1, 0.15) is 50.1 Å². The molecule has 3 N–H and O–H groups in total. The predicted molar refractivity (Wildman–Crippen MR) is 180 cm³/mol. The van der Waals surface area contributed by atoms with Gasteiger partial charge in [-0.25, -0.2) is 9.37 Å². The molecule has 4 aromatic rings. The number of likely N-dealkylation sites (tertiary alicyclic amines) is 1. The molecule has 0 spiro atoms. The lowest BCUT2D eigenvalue weighted by molar-refractivity contribution is -0.146. The summed E-state index contributed by atoms with van der Waals surface area (Å²) in [5, 5.41) is 7.80. The Bertz CT molecular complexity index is 1780. The first-order valence-electron chi connectivity index (χ1n) is 16.7. The number of halogens is 1. The molecule has 47 heavy (non-hydrogen) atoms. The lowest BCUT2D eigenvalue weighted by atomic mass is 9.84. The molecule has 244 valence electrons. The van der Waals surface area contributed by atoms with Gasteiger partial charge in [0.05, 0.1) is 24.2 Å². The number of benzene rings is 2. The molecular formula is C35H40FN9O2. The summed E-state index contributed by atoms with van der Waals surface area (Å²) < 4.78 is 22.1. The van der Waals surface area contributed by atoms with E-state index < -0.39 is 0 Å². The number of carbonyl (C=O) groups is 1. The number of piperidine rings is 2. The van der Waals surface area contributed by atoms with Crippen LogP contribution in [-0.4, -0.2) is 82.5 Å². The van der Waals surface area contributed by atoms with Gasteiger partial charge in [-0.3, -0.25) is 9.69 Å². The topological polar surface area (TPSA) is 118 Å². The average Bonchev–Trinajstić information content (AvgIpc) is 3.75. The highest BCUT2D eigenvalue weighted by molar-refractivity contribution is 5.83. The zero-order valence-electron chi connectivity index (χ0n) is 26.6. The monoisotopic (exact) mass is 637 g/mol. The summed E-state index contributed by atoms with van der Waals surface area (Å²) in [5.74, 6) is 1.03. The zero-order chi connectivity index (χ0) is 32.1. The predicted octanol–water partition coefficient (Wildman–Crippen LogP) is 5.10. The maximum Gasteiger partial charge on any atom is 0.323 e. The average molecular weight is 638 g/mol. The number of rotatable bonds is 7. The Labute approximate surface area is 273 Å². The first-order chi connectivity index (χ1) is 23.0. The van der Waals surface area contributed by atoms with Crippen molar-refractivity contribution in [2.24, 2.45) is 0 Å². The number of fused-ring (bicyclic) bond motifs is 2. The van der Waals surface area contributed by atoms with Crippen molar-refractivity contribution in [1.29, 1.82) is 0 Å². The molecule has 0 aliphatic carbocycles. The van der Waals surface area contributed by atoms with Gasteiger partial charge in [-0.1, -0.05) is 30.3 Å². The van der Waals surface area contributed by atoms with Crippen molar-refractivity contribution >= 4 is 34.9 Å². The summed E-state index contributed by atoms with van der Waals surface area (Å²) >= 11 is 0. The second kappa shape index (κ2) is 12.1. The fourth-order valence-corrected chi connectivity index (χ4v) is 8.05. The fraction of sp³-hybridized carbons (Fsp3) is 0.429. The largest absolute Gasteiger partial charge is 0.468 e. The van der Waals surface area contributed by atoms with E-state index in [1.165, 1.54) is 18.9 Å². The van der Waals surface area contributed by atoms with E-state index in [0.717, 1.165) is 88.1 Å². The number of nitrogens with zero attached hydrogens (tertiary/aromatic N) is 7. The molecule has 7 heterocycles. The molecule has 0 amide bonds. The van der Waals surface area contributed by atoms with Crippen molar-refractivity contribution in [1.82, 2.24) is 24.6 Å². The van der Waals surface area contributed by atoms with E-state index in [4.69, 9.17) is 15.5 Å². The fourth-order valence-electron chi connectivity index (χ4n) is 8.05. The number of nitrogens with two attached hydrogens (primary N) is 1. The highest BCUT2D eigenvalue weighted by atomic mass is 19.1. The number of nitrogen functional groups attached to an aromatic ring is 1. The number of aromatic nitrogens is 4. The van der Waals surface area contributed by atoms with E-state index in [1.54, 1.807) is 10.7 Å². The van der Waals surface area contributed by atoms with Crippen LogP contribution in [0.5, 0.6) is 0 Å². The maximum atomic E-state index is 15.5. The van der Waals surface area contributed by atoms with Crippen LogP contribution in [0.15, 0.2) is 54.6 Å². The Morgan fingerprint density at radius 1 is 0.936 bits per heavy atom. The number of nitrogens with one attached hydrogen (secondary N) is 1. The van der Waals surface area contributed by atoms with E-state index in [9.17, 15) is 4.79 Å². The smallest absolute Gasteiger partial charge is 0.323 e. The molecule has 1 atom stereocenters. The molecule has 11 nitrogen and oxygen atoms in total. The van der Waals surface area contributed by atoms with Crippen LogP contribution in [0, 0.1) is 5.82 Å². The van der Waals surface area contributed by atoms with Gasteiger partial charge in [0.1, 0.15) is 11.9 Å². The van der Waals surface area contributed by atoms with Crippen molar-refractivity contribution < 1.29 is 13.9 Å². The summed E-state index contributed by atoms with van der Waals surface area (Å²) in [6.45, 7) is 4.43. The van der Waals surface area contributed by atoms with Crippen LogP contribution in [-0.2, 0) is 9.53 Å². The summed E-state index contributed by atoms with van der Waals surface area (Å²) in [6, 6.07) is 17.7. The van der Waals surface area contributed by atoms with E-state index >= 15 is 4.39 Å². The van der Waals surface area contributed by atoms with E-state index in [0.29, 0.717) is 29.2 Å². The van der Waals surface area contributed by atoms with Gasteiger partial charge in [0.25, 0.3) is 0 Å². The third-order valence-electron chi connectivity index (χ3n) is 10.4. The van der Waals surface area contributed by atoms with E-state index in [-0.39, 0.29) is 29.7 Å². The Balaban J connectivity index is 0.993. The third-order valence-corrected chi connectivity index (χ3v) is 10.4. The van der Waals surface area contributed by atoms with E-state index in [2.05, 4.69) is 42.2 Å². The molecule has 9 rings (SSSR count).